The molecule has 0 aliphatic rings. The molecule has 0 unspecified atom stereocenters. The number of hydrogen-bond donors (Lipinski definition) is 1. The quantitative estimate of drug-likeness (QED) is 0.907. The zero-order valence-corrected chi connectivity index (χ0v) is 11.1. The predicted molar refractivity (Wildman–Crippen MR) is 75.2 cm³/mol. The monoisotopic (exact) mass is 252 g/mol. The number of rotatable bonds is 4. The number of para-hydroxylation sites is 1. The number of anilines is 2. The molecule has 4 nitrogen and oxygen atoms in total. The lowest BCUT2D eigenvalue weighted by atomic mass is 10.0. The van der Waals surface area contributed by atoms with Crippen LogP contribution in [-0.4, -0.2) is 9.97 Å². The minimum atomic E-state index is 0.365. The van der Waals surface area contributed by atoms with E-state index in [1.807, 2.05) is 6.07 Å². The molecule has 0 saturated heterocycles. The summed E-state index contributed by atoms with van der Waals surface area (Å²) in [5.41, 5.74) is 3.88. The van der Waals surface area contributed by atoms with Gasteiger partial charge in [0.15, 0.2) is 0 Å². The lowest BCUT2D eigenvalue weighted by Crippen LogP contribution is -2.03. The highest BCUT2D eigenvalue weighted by molar-refractivity contribution is 5.63. The molecule has 19 heavy (non-hydrogen) atoms. The Balaban J connectivity index is 2.39. The Morgan fingerprint density at radius 2 is 1.84 bits per heavy atom. The molecule has 4 heteroatoms. The van der Waals surface area contributed by atoms with E-state index in [1.54, 1.807) is 12.3 Å². The maximum Gasteiger partial charge on any atom is 0.228 e. The zero-order valence-electron chi connectivity index (χ0n) is 11.1. The normalized spacial score (nSPS) is 9.95. The van der Waals surface area contributed by atoms with Crippen LogP contribution in [0, 0.1) is 11.3 Å². The molecule has 0 amide bonds. The largest absolute Gasteiger partial charge is 0.324 e. The van der Waals surface area contributed by atoms with Crippen LogP contribution in [0.4, 0.5) is 11.6 Å². The molecule has 96 valence electrons. The number of hydrogen-bond acceptors (Lipinski definition) is 4. The number of aromatic nitrogens is 2. The van der Waals surface area contributed by atoms with Crippen molar-refractivity contribution in [2.24, 2.45) is 0 Å². The van der Waals surface area contributed by atoms with E-state index < -0.39 is 0 Å². The summed E-state index contributed by atoms with van der Waals surface area (Å²) in [5, 5.41) is 12.1. The number of aryl methyl sites for hydroxylation is 2. The minimum Gasteiger partial charge on any atom is -0.324 e. The Hall–Kier alpha value is -2.41. The molecular formula is C15H16N4. The van der Waals surface area contributed by atoms with E-state index in [4.69, 9.17) is 5.26 Å². The molecule has 1 aromatic carbocycles. The number of benzene rings is 1. The second-order valence-electron chi connectivity index (χ2n) is 4.16. The van der Waals surface area contributed by atoms with Crippen LogP contribution < -0.4 is 5.32 Å². The second-order valence-corrected chi connectivity index (χ2v) is 4.16. The second kappa shape index (κ2) is 5.96. The third-order valence-corrected chi connectivity index (χ3v) is 3.01. The fourth-order valence-electron chi connectivity index (χ4n) is 2.00. The van der Waals surface area contributed by atoms with Gasteiger partial charge in [-0.25, -0.2) is 9.97 Å². The Kier molecular flexibility index (Phi) is 4.09. The highest BCUT2D eigenvalue weighted by Gasteiger charge is 2.08. The van der Waals surface area contributed by atoms with Gasteiger partial charge in [0.05, 0.1) is 0 Å². The van der Waals surface area contributed by atoms with Crippen LogP contribution in [0.25, 0.3) is 0 Å². The smallest absolute Gasteiger partial charge is 0.228 e. The van der Waals surface area contributed by atoms with E-state index in [0.29, 0.717) is 11.6 Å². The first-order chi connectivity index (χ1) is 9.28. The van der Waals surface area contributed by atoms with Crippen molar-refractivity contribution in [3.63, 3.8) is 0 Å². The lowest BCUT2D eigenvalue weighted by Gasteiger charge is -2.14. The average molecular weight is 252 g/mol. The van der Waals surface area contributed by atoms with Gasteiger partial charge in [0.2, 0.25) is 5.95 Å². The highest BCUT2D eigenvalue weighted by Crippen LogP contribution is 2.24. The van der Waals surface area contributed by atoms with Gasteiger partial charge < -0.3 is 5.32 Å². The lowest BCUT2D eigenvalue weighted by molar-refractivity contribution is 1.07. The van der Waals surface area contributed by atoms with Gasteiger partial charge in [0, 0.05) is 11.9 Å². The molecule has 0 radical (unpaired) electrons. The number of nitrogens with one attached hydrogen (secondary N) is 1. The molecule has 0 aliphatic carbocycles. The fourth-order valence-corrected chi connectivity index (χ4v) is 2.00. The van der Waals surface area contributed by atoms with E-state index in [0.717, 1.165) is 18.5 Å². The molecule has 2 aromatic rings. The molecule has 2 rings (SSSR count). The van der Waals surface area contributed by atoms with Crippen LogP contribution in [0.3, 0.4) is 0 Å². The van der Waals surface area contributed by atoms with E-state index >= 15 is 0 Å². The Morgan fingerprint density at radius 3 is 2.42 bits per heavy atom. The first-order valence-electron chi connectivity index (χ1n) is 6.39. The molecule has 0 spiro atoms. The van der Waals surface area contributed by atoms with Crippen molar-refractivity contribution in [3.05, 3.63) is 47.3 Å². The first-order valence-corrected chi connectivity index (χ1v) is 6.39. The third-order valence-electron chi connectivity index (χ3n) is 3.01. The molecule has 0 aliphatic heterocycles. The van der Waals surface area contributed by atoms with Crippen molar-refractivity contribution >= 4 is 11.6 Å². The first kappa shape index (κ1) is 13.0. The van der Waals surface area contributed by atoms with Gasteiger partial charge in [-0.15, -0.1) is 0 Å². The molecule has 0 fully saturated rings. The van der Waals surface area contributed by atoms with Crippen LogP contribution in [0.2, 0.25) is 0 Å². The zero-order chi connectivity index (χ0) is 13.7. The summed E-state index contributed by atoms with van der Waals surface area (Å²) in [6.07, 6.45) is 3.47. The summed E-state index contributed by atoms with van der Waals surface area (Å²) in [7, 11) is 0. The van der Waals surface area contributed by atoms with Crippen LogP contribution in [0.1, 0.15) is 30.7 Å². The van der Waals surface area contributed by atoms with Gasteiger partial charge in [-0.3, -0.25) is 0 Å². The van der Waals surface area contributed by atoms with Crippen LogP contribution >= 0.6 is 0 Å². The highest BCUT2D eigenvalue weighted by atomic mass is 15.1. The van der Waals surface area contributed by atoms with E-state index in [2.05, 4.69) is 47.3 Å². The van der Waals surface area contributed by atoms with Gasteiger partial charge in [-0.2, -0.15) is 5.26 Å². The summed E-state index contributed by atoms with van der Waals surface area (Å²) in [4.78, 5) is 8.31. The van der Waals surface area contributed by atoms with Crippen LogP contribution in [0.15, 0.2) is 30.5 Å². The average Bonchev–Trinajstić information content (AvgIpc) is 2.47. The van der Waals surface area contributed by atoms with Gasteiger partial charge >= 0.3 is 0 Å². The van der Waals surface area contributed by atoms with Gasteiger partial charge in [0.1, 0.15) is 11.8 Å². The Labute approximate surface area is 113 Å². The molecule has 1 heterocycles. The SMILES string of the molecule is CCc1cccc(CC)c1Nc1nccc(C#N)n1. The van der Waals surface area contributed by atoms with Crippen LogP contribution in [0.5, 0.6) is 0 Å². The molecule has 0 bridgehead atoms. The summed E-state index contributed by atoms with van der Waals surface area (Å²) >= 11 is 0. The molecular weight excluding hydrogens is 236 g/mol. The summed E-state index contributed by atoms with van der Waals surface area (Å²) in [5.74, 6) is 0.467. The Bertz CT molecular complexity index is 592. The summed E-state index contributed by atoms with van der Waals surface area (Å²) in [6.45, 7) is 4.24. The van der Waals surface area contributed by atoms with Gasteiger partial charge in [-0.1, -0.05) is 32.0 Å². The van der Waals surface area contributed by atoms with Crippen molar-refractivity contribution < 1.29 is 0 Å². The topological polar surface area (TPSA) is 61.6 Å². The molecule has 1 aromatic heterocycles. The summed E-state index contributed by atoms with van der Waals surface area (Å²) in [6, 6.07) is 9.86. The van der Waals surface area contributed by atoms with Crippen molar-refractivity contribution in [1.82, 2.24) is 9.97 Å². The molecule has 0 saturated carbocycles. The van der Waals surface area contributed by atoms with Crippen molar-refractivity contribution in [2.45, 2.75) is 26.7 Å². The number of nitriles is 1. The van der Waals surface area contributed by atoms with Gasteiger partial charge in [0.25, 0.3) is 0 Å². The van der Waals surface area contributed by atoms with Crippen molar-refractivity contribution in [2.75, 3.05) is 5.32 Å². The summed E-state index contributed by atoms with van der Waals surface area (Å²) < 4.78 is 0. The third kappa shape index (κ3) is 2.89. The maximum absolute atomic E-state index is 8.86. The van der Waals surface area contributed by atoms with Crippen molar-refractivity contribution in [3.8, 4) is 6.07 Å². The maximum atomic E-state index is 8.86. The van der Waals surface area contributed by atoms with Gasteiger partial charge in [-0.05, 0) is 30.0 Å². The molecule has 1 N–H and O–H groups in total. The fraction of sp³-hybridized carbons (Fsp3) is 0.267. The predicted octanol–water partition coefficient (Wildman–Crippen LogP) is 3.22. The van der Waals surface area contributed by atoms with Crippen molar-refractivity contribution in [1.29, 1.82) is 5.26 Å². The molecule has 0 atom stereocenters. The van der Waals surface area contributed by atoms with E-state index in [9.17, 15) is 0 Å². The van der Waals surface area contributed by atoms with Crippen LogP contribution in [-0.2, 0) is 12.8 Å². The number of nitrogens with zero attached hydrogens (tertiary/aromatic N) is 3. The van der Waals surface area contributed by atoms with E-state index in [-0.39, 0.29) is 0 Å². The Morgan fingerprint density at radius 1 is 1.16 bits per heavy atom. The minimum absolute atomic E-state index is 0.365. The van der Waals surface area contributed by atoms with E-state index in [1.165, 1.54) is 11.1 Å². The standard InChI is InChI=1S/C15H16N4/c1-3-11-6-5-7-12(4-2)14(11)19-15-17-9-8-13(10-16)18-15/h5-9H,3-4H2,1-2H3,(H,17,18,19).